The van der Waals surface area contributed by atoms with Gasteiger partial charge in [0.1, 0.15) is 0 Å². The molecule has 0 spiro atoms. The summed E-state index contributed by atoms with van der Waals surface area (Å²) < 4.78 is 11.9. The second-order valence-electron chi connectivity index (χ2n) is 8.40. The van der Waals surface area contributed by atoms with Gasteiger partial charge in [-0.1, -0.05) is 19.1 Å². The summed E-state index contributed by atoms with van der Waals surface area (Å²) in [7, 11) is 1.83. The molecule has 0 aromatic heterocycles. The van der Waals surface area contributed by atoms with Gasteiger partial charge in [0, 0.05) is 45.4 Å². The molecular formula is C24H39IN4O3. The quantitative estimate of drug-likeness (QED) is 0.285. The van der Waals surface area contributed by atoms with E-state index in [9.17, 15) is 4.79 Å². The van der Waals surface area contributed by atoms with Crippen LogP contribution in [0.2, 0.25) is 0 Å². The van der Waals surface area contributed by atoms with Crippen LogP contribution in [0, 0.1) is 0 Å². The van der Waals surface area contributed by atoms with Crippen molar-refractivity contribution in [1.82, 2.24) is 10.2 Å². The fourth-order valence-electron chi connectivity index (χ4n) is 4.09. The Morgan fingerprint density at radius 3 is 2.56 bits per heavy atom. The van der Waals surface area contributed by atoms with E-state index in [-0.39, 0.29) is 36.0 Å². The van der Waals surface area contributed by atoms with E-state index in [2.05, 4.69) is 20.5 Å². The monoisotopic (exact) mass is 558 g/mol. The lowest BCUT2D eigenvalue weighted by atomic mass is 10.1. The highest BCUT2D eigenvalue weighted by atomic mass is 127. The predicted octanol–water partition coefficient (Wildman–Crippen LogP) is 4.17. The lowest BCUT2D eigenvalue weighted by Crippen LogP contribution is -2.47. The first-order chi connectivity index (χ1) is 15.2. The number of aliphatic imine (C=N–C) groups is 1. The molecule has 1 aromatic carbocycles. The predicted molar refractivity (Wildman–Crippen MR) is 140 cm³/mol. The molecule has 0 bridgehead atoms. The molecule has 32 heavy (non-hydrogen) atoms. The number of nitrogens with one attached hydrogen (secondary N) is 2. The molecule has 2 saturated heterocycles. The van der Waals surface area contributed by atoms with Crippen LogP contribution in [0.5, 0.6) is 0 Å². The van der Waals surface area contributed by atoms with E-state index in [1.54, 1.807) is 0 Å². The number of piperidine rings is 1. The van der Waals surface area contributed by atoms with Gasteiger partial charge in [-0.15, -0.1) is 24.0 Å². The number of guanidine groups is 1. The van der Waals surface area contributed by atoms with E-state index < -0.39 is 0 Å². The van der Waals surface area contributed by atoms with Gasteiger partial charge in [0.2, 0.25) is 5.91 Å². The molecule has 0 radical (unpaired) electrons. The summed E-state index contributed by atoms with van der Waals surface area (Å²) in [4.78, 5) is 18.5. The van der Waals surface area contributed by atoms with Crippen LogP contribution in [0.3, 0.4) is 0 Å². The second kappa shape index (κ2) is 14.7. The number of carbonyl (C=O) groups is 1. The first-order valence-electron chi connectivity index (χ1n) is 11.8. The first-order valence-corrected chi connectivity index (χ1v) is 11.8. The van der Waals surface area contributed by atoms with Crippen molar-refractivity contribution in [3.8, 4) is 0 Å². The maximum atomic E-state index is 11.7. The third kappa shape index (κ3) is 8.86. The van der Waals surface area contributed by atoms with Gasteiger partial charge in [-0.05, 0) is 56.2 Å². The fourth-order valence-corrected chi connectivity index (χ4v) is 4.09. The Balaban J connectivity index is 0.00000363. The highest BCUT2D eigenvalue weighted by Crippen LogP contribution is 2.18. The highest BCUT2D eigenvalue weighted by molar-refractivity contribution is 14.0. The summed E-state index contributed by atoms with van der Waals surface area (Å²) >= 11 is 0. The van der Waals surface area contributed by atoms with Crippen molar-refractivity contribution in [2.24, 2.45) is 4.99 Å². The van der Waals surface area contributed by atoms with Crippen molar-refractivity contribution < 1.29 is 14.3 Å². The number of rotatable bonds is 8. The normalized spacial score (nSPS) is 19.9. The van der Waals surface area contributed by atoms with Gasteiger partial charge in [-0.3, -0.25) is 9.79 Å². The van der Waals surface area contributed by atoms with Crippen LogP contribution in [0.25, 0.3) is 0 Å². The van der Waals surface area contributed by atoms with Crippen molar-refractivity contribution in [3.63, 3.8) is 0 Å². The molecule has 2 N–H and O–H groups in total. The fraction of sp³-hybridized carbons (Fsp3) is 0.667. The number of likely N-dealkylation sites (tertiary alicyclic amines) is 1. The second-order valence-corrected chi connectivity index (χ2v) is 8.40. The van der Waals surface area contributed by atoms with E-state index >= 15 is 0 Å². The molecule has 1 unspecified atom stereocenters. The van der Waals surface area contributed by atoms with Crippen LogP contribution < -0.4 is 10.6 Å². The lowest BCUT2D eigenvalue weighted by molar-refractivity contribution is -0.116. The van der Waals surface area contributed by atoms with Crippen molar-refractivity contribution in [1.29, 1.82) is 0 Å². The summed E-state index contributed by atoms with van der Waals surface area (Å²) in [5.74, 6) is 0.988. The smallest absolute Gasteiger partial charge is 0.224 e. The van der Waals surface area contributed by atoms with Gasteiger partial charge in [0.15, 0.2) is 5.96 Å². The third-order valence-electron chi connectivity index (χ3n) is 5.91. The minimum Gasteiger partial charge on any atom is -0.376 e. The molecule has 2 fully saturated rings. The van der Waals surface area contributed by atoms with E-state index in [1.807, 2.05) is 38.2 Å². The SMILES string of the molecule is CCCC(=O)Nc1ccc(CNC(=NC)N2CCC(OCC3CCCCO3)CC2)cc1.I. The number of ether oxygens (including phenoxy) is 2. The number of amides is 1. The number of carbonyl (C=O) groups excluding carboxylic acids is 1. The molecule has 3 rings (SSSR count). The van der Waals surface area contributed by atoms with Crippen LogP contribution in [0.1, 0.15) is 57.4 Å². The van der Waals surface area contributed by atoms with E-state index in [0.717, 1.165) is 69.2 Å². The number of nitrogens with zero attached hydrogens (tertiary/aromatic N) is 2. The summed E-state index contributed by atoms with van der Waals surface area (Å²) in [6.45, 7) is 6.20. The van der Waals surface area contributed by atoms with Gasteiger partial charge in [-0.2, -0.15) is 0 Å². The van der Waals surface area contributed by atoms with Crippen LogP contribution >= 0.6 is 24.0 Å². The Bertz CT molecular complexity index is 700. The molecule has 8 heteroatoms. The minimum absolute atomic E-state index is 0. The summed E-state index contributed by atoms with van der Waals surface area (Å²) in [5.41, 5.74) is 1.99. The Labute approximate surface area is 209 Å². The van der Waals surface area contributed by atoms with Crippen molar-refractivity contribution >= 4 is 41.5 Å². The average molecular weight is 559 g/mol. The number of halogens is 1. The highest BCUT2D eigenvalue weighted by Gasteiger charge is 2.23. The molecule has 0 saturated carbocycles. The lowest BCUT2D eigenvalue weighted by Gasteiger charge is -2.35. The molecule has 2 heterocycles. The molecule has 1 atom stereocenters. The average Bonchev–Trinajstić information content (AvgIpc) is 2.81. The van der Waals surface area contributed by atoms with Gasteiger partial charge >= 0.3 is 0 Å². The van der Waals surface area contributed by atoms with E-state index in [4.69, 9.17) is 9.47 Å². The largest absolute Gasteiger partial charge is 0.376 e. The summed E-state index contributed by atoms with van der Waals surface area (Å²) in [5, 5.41) is 6.38. The number of hydrogen-bond acceptors (Lipinski definition) is 4. The molecule has 1 aromatic rings. The Morgan fingerprint density at radius 1 is 1.19 bits per heavy atom. The van der Waals surface area contributed by atoms with Crippen LogP contribution in [0.4, 0.5) is 5.69 Å². The molecule has 2 aliphatic heterocycles. The zero-order valence-electron chi connectivity index (χ0n) is 19.5. The maximum Gasteiger partial charge on any atom is 0.224 e. The van der Waals surface area contributed by atoms with Crippen molar-refractivity contribution in [2.45, 2.75) is 70.6 Å². The van der Waals surface area contributed by atoms with E-state index in [0.29, 0.717) is 19.1 Å². The topological polar surface area (TPSA) is 75.2 Å². The maximum absolute atomic E-state index is 11.7. The first kappa shape index (κ1) is 26.9. The molecule has 2 aliphatic rings. The zero-order chi connectivity index (χ0) is 21.9. The summed E-state index contributed by atoms with van der Waals surface area (Å²) in [6.07, 6.45) is 7.59. The van der Waals surface area contributed by atoms with Gasteiger partial charge in [0.05, 0.1) is 18.8 Å². The zero-order valence-corrected chi connectivity index (χ0v) is 21.8. The van der Waals surface area contributed by atoms with Gasteiger partial charge in [-0.25, -0.2) is 0 Å². The van der Waals surface area contributed by atoms with Crippen LogP contribution in [0.15, 0.2) is 29.3 Å². The molecular weight excluding hydrogens is 519 g/mol. The van der Waals surface area contributed by atoms with E-state index in [1.165, 1.54) is 12.8 Å². The van der Waals surface area contributed by atoms with Crippen molar-refractivity contribution in [2.75, 3.05) is 38.7 Å². The summed E-state index contributed by atoms with van der Waals surface area (Å²) in [6, 6.07) is 7.98. The molecule has 180 valence electrons. The van der Waals surface area contributed by atoms with Gasteiger partial charge in [0.25, 0.3) is 0 Å². The molecule has 0 aliphatic carbocycles. The third-order valence-corrected chi connectivity index (χ3v) is 5.91. The Morgan fingerprint density at radius 2 is 1.94 bits per heavy atom. The molecule has 7 nitrogen and oxygen atoms in total. The van der Waals surface area contributed by atoms with Crippen LogP contribution in [-0.4, -0.2) is 62.3 Å². The number of anilines is 1. The van der Waals surface area contributed by atoms with Crippen LogP contribution in [-0.2, 0) is 20.8 Å². The Kier molecular flexibility index (Phi) is 12.3. The standard InChI is InChI=1S/C24H38N4O3.HI/c1-3-6-23(29)27-20-10-8-19(9-11-20)17-26-24(25-2)28-14-12-21(13-15-28)31-18-22-7-4-5-16-30-22;/h8-11,21-22H,3-7,12-18H2,1-2H3,(H,25,26)(H,27,29);1H. The van der Waals surface area contributed by atoms with Crippen molar-refractivity contribution in [3.05, 3.63) is 29.8 Å². The number of hydrogen-bond donors (Lipinski definition) is 2. The van der Waals surface area contributed by atoms with Gasteiger partial charge < -0.3 is 25.0 Å². The Hall–Kier alpha value is -1.39. The molecule has 1 amide bonds. The minimum atomic E-state index is 0. The number of benzene rings is 1.